The van der Waals surface area contributed by atoms with Crippen LogP contribution in [0.5, 0.6) is 0 Å². The molecule has 1 rings (SSSR count). The summed E-state index contributed by atoms with van der Waals surface area (Å²) < 4.78 is 10.3. The lowest BCUT2D eigenvalue weighted by atomic mass is 9.98. The molecule has 6 heteroatoms. The second-order valence-electron chi connectivity index (χ2n) is 5.79. The van der Waals surface area contributed by atoms with Gasteiger partial charge in [-0.05, 0) is 19.3 Å². The number of halogens is 1. The minimum atomic E-state index is -0.910. The van der Waals surface area contributed by atoms with Crippen molar-refractivity contribution in [2.75, 3.05) is 19.1 Å². The average Bonchev–Trinajstić information content (AvgIpc) is 2.98. The van der Waals surface area contributed by atoms with Gasteiger partial charge in [0.25, 0.3) is 0 Å². The molecular weight excluding hydrogens is 306 g/mol. The highest BCUT2D eigenvalue weighted by Crippen LogP contribution is 2.31. The zero-order valence-corrected chi connectivity index (χ0v) is 14.3. The van der Waals surface area contributed by atoms with Crippen molar-refractivity contribution < 1.29 is 19.1 Å². The maximum atomic E-state index is 12.3. The van der Waals surface area contributed by atoms with Crippen LogP contribution >= 0.6 is 11.6 Å². The van der Waals surface area contributed by atoms with Gasteiger partial charge in [-0.3, -0.25) is 0 Å². The van der Waals surface area contributed by atoms with Gasteiger partial charge in [0.1, 0.15) is 12.1 Å². The summed E-state index contributed by atoms with van der Waals surface area (Å²) in [5.41, 5.74) is -0.910. The van der Waals surface area contributed by atoms with Crippen LogP contribution < -0.4 is 5.32 Å². The molecule has 0 aromatic carbocycles. The van der Waals surface area contributed by atoms with Gasteiger partial charge in [-0.2, -0.15) is 0 Å². The molecule has 0 spiro atoms. The Labute approximate surface area is 138 Å². The highest BCUT2D eigenvalue weighted by Gasteiger charge is 2.44. The standard InChI is InChI=1S/C16H28ClNO4/c1-2-3-4-5-8-12-21-14(19)16(9-6-7-10-16)18-15(20)22-13-11-17/h2-13H2,1H3,(H,18,20). The maximum absolute atomic E-state index is 12.3. The SMILES string of the molecule is CCCCCCCOC(=O)C1(NC(=O)OCCCl)CCCC1. The first-order valence-electron chi connectivity index (χ1n) is 8.33. The first-order chi connectivity index (χ1) is 10.6. The lowest BCUT2D eigenvalue weighted by Gasteiger charge is -2.27. The molecule has 1 amide bonds. The highest BCUT2D eigenvalue weighted by atomic mass is 35.5. The van der Waals surface area contributed by atoms with Crippen LogP contribution in [0.25, 0.3) is 0 Å². The lowest BCUT2D eigenvalue weighted by molar-refractivity contribution is -0.151. The van der Waals surface area contributed by atoms with Crippen LogP contribution in [0.15, 0.2) is 0 Å². The summed E-state index contributed by atoms with van der Waals surface area (Å²) in [5, 5.41) is 2.69. The monoisotopic (exact) mass is 333 g/mol. The molecule has 5 nitrogen and oxygen atoms in total. The van der Waals surface area contributed by atoms with Gasteiger partial charge in [0.2, 0.25) is 0 Å². The van der Waals surface area contributed by atoms with E-state index in [0.717, 1.165) is 25.7 Å². The van der Waals surface area contributed by atoms with Crippen molar-refractivity contribution in [3.8, 4) is 0 Å². The largest absolute Gasteiger partial charge is 0.464 e. The predicted octanol–water partition coefficient (Wildman–Crippen LogP) is 3.78. The van der Waals surface area contributed by atoms with Gasteiger partial charge in [-0.15, -0.1) is 11.6 Å². The van der Waals surface area contributed by atoms with Crippen LogP contribution in [-0.2, 0) is 14.3 Å². The van der Waals surface area contributed by atoms with E-state index in [1.165, 1.54) is 19.3 Å². The third-order valence-electron chi connectivity index (χ3n) is 3.98. The molecule has 1 saturated carbocycles. The number of alkyl carbamates (subject to hydrolysis) is 1. The smallest absolute Gasteiger partial charge is 0.408 e. The van der Waals surface area contributed by atoms with Gasteiger partial charge in [-0.25, -0.2) is 9.59 Å². The van der Waals surface area contributed by atoms with Crippen LogP contribution in [0.3, 0.4) is 0 Å². The fourth-order valence-corrected chi connectivity index (χ4v) is 2.81. The Hall–Kier alpha value is -0.970. The quantitative estimate of drug-likeness (QED) is 0.375. The second-order valence-corrected chi connectivity index (χ2v) is 6.17. The number of esters is 1. The van der Waals surface area contributed by atoms with Gasteiger partial charge >= 0.3 is 12.1 Å². The van der Waals surface area contributed by atoms with Crippen LogP contribution in [0.1, 0.15) is 64.7 Å². The molecule has 0 unspecified atom stereocenters. The van der Waals surface area contributed by atoms with E-state index in [9.17, 15) is 9.59 Å². The van der Waals surface area contributed by atoms with Gasteiger partial charge in [0.05, 0.1) is 12.5 Å². The Balaban J connectivity index is 2.37. The third kappa shape index (κ3) is 6.42. The highest BCUT2D eigenvalue weighted by molar-refractivity contribution is 6.18. The van der Waals surface area contributed by atoms with E-state index in [2.05, 4.69) is 12.2 Å². The Morgan fingerprint density at radius 3 is 2.36 bits per heavy atom. The number of alkyl halides is 1. The number of ether oxygens (including phenoxy) is 2. The number of carbonyl (C=O) groups is 2. The summed E-state index contributed by atoms with van der Waals surface area (Å²) in [7, 11) is 0. The molecule has 1 fully saturated rings. The minimum Gasteiger partial charge on any atom is -0.464 e. The van der Waals surface area contributed by atoms with Gasteiger partial charge in [0, 0.05) is 0 Å². The number of rotatable bonds is 10. The van der Waals surface area contributed by atoms with Crippen molar-refractivity contribution >= 4 is 23.7 Å². The number of hydrogen-bond donors (Lipinski definition) is 1. The number of hydrogen-bond acceptors (Lipinski definition) is 4. The minimum absolute atomic E-state index is 0.135. The molecule has 0 aromatic rings. The van der Waals surface area contributed by atoms with Gasteiger partial charge in [0.15, 0.2) is 0 Å². The van der Waals surface area contributed by atoms with E-state index < -0.39 is 11.6 Å². The van der Waals surface area contributed by atoms with E-state index in [-0.39, 0.29) is 18.5 Å². The molecule has 0 aliphatic heterocycles. The van der Waals surface area contributed by atoms with Crippen LogP contribution in [-0.4, -0.2) is 36.7 Å². The summed E-state index contributed by atoms with van der Waals surface area (Å²) in [5.74, 6) is -0.0915. The summed E-state index contributed by atoms with van der Waals surface area (Å²) in [6, 6.07) is 0. The lowest BCUT2D eigenvalue weighted by Crippen LogP contribution is -2.53. The fourth-order valence-electron chi connectivity index (χ4n) is 2.73. The first-order valence-corrected chi connectivity index (χ1v) is 8.86. The summed E-state index contributed by atoms with van der Waals surface area (Å²) in [6.45, 7) is 2.72. The molecule has 128 valence electrons. The van der Waals surface area contributed by atoms with Crippen molar-refractivity contribution in [1.29, 1.82) is 0 Å². The van der Waals surface area contributed by atoms with Crippen LogP contribution in [0.4, 0.5) is 4.79 Å². The third-order valence-corrected chi connectivity index (χ3v) is 4.13. The summed E-state index contributed by atoms with van der Waals surface area (Å²) >= 11 is 5.48. The van der Waals surface area contributed by atoms with E-state index in [1.807, 2.05) is 0 Å². The molecule has 1 N–H and O–H groups in total. The summed E-state index contributed by atoms with van der Waals surface area (Å²) in [4.78, 5) is 24.1. The predicted molar refractivity (Wildman–Crippen MR) is 86.1 cm³/mol. The Morgan fingerprint density at radius 2 is 1.73 bits per heavy atom. The normalized spacial score (nSPS) is 16.3. The molecule has 0 aromatic heterocycles. The molecular formula is C16H28ClNO4. The molecule has 0 saturated heterocycles. The molecule has 1 aliphatic rings. The van der Waals surface area contributed by atoms with Crippen molar-refractivity contribution in [1.82, 2.24) is 5.32 Å². The van der Waals surface area contributed by atoms with Crippen molar-refractivity contribution in [3.05, 3.63) is 0 Å². The average molecular weight is 334 g/mol. The number of amides is 1. The maximum Gasteiger partial charge on any atom is 0.408 e. The van der Waals surface area contributed by atoms with Crippen LogP contribution in [0, 0.1) is 0 Å². The van der Waals surface area contributed by atoms with E-state index in [4.69, 9.17) is 21.1 Å². The molecule has 0 bridgehead atoms. The zero-order valence-electron chi connectivity index (χ0n) is 13.5. The van der Waals surface area contributed by atoms with Gasteiger partial charge in [-0.1, -0.05) is 45.4 Å². The van der Waals surface area contributed by atoms with Crippen LogP contribution in [0.2, 0.25) is 0 Å². The Kier molecular flexibility index (Phi) is 9.28. The van der Waals surface area contributed by atoms with Crippen molar-refractivity contribution in [2.24, 2.45) is 0 Å². The summed E-state index contributed by atoms with van der Waals surface area (Å²) in [6.07, 6.45) is 7.95. The Bertz CT molecular complexity index is 343. The molecule has 1 aliphatic carbocycles. The van der Waals surface area contributed by atoms with Gasteiger partial charge < -0.3 is 14.8 Å². The number of unbranched alkanes of at least 4 members (excludes halogenated alkanes) is 4. The number of carbonyl (C=O) groups excluding carboxylic acids is 2. The van der Waals surface area contributed by atoms with Crippen molar-refractivity contribution in [2.45, 2.75) is 70.3 Å². The first kappa shape index (κ1) is 19.1. The Morgan fingerprint density at radius 1 is 1.05 bits per heavy atom. The van der Waals surface area contributed by atoms with E-state index >= 15 is 0 Å². The second kappa shape index (κ2) is 10.7. The molecule has 22 heavy (non-hydrogen) atoms. The fraction of sp³-hybridized carbons (Fsp3) is 0.875. The van der Waals surface area contributed by atoms with Crippen molar-refractivity contribution in [3.63, 3.8) is 0 Å². The zero-order chi connectivity index (χ0) is 16.3. The van der Waals surface area contributed by atoms with E-state index in [0.29, 0.717) is 19.4 Å². The molecule has 0 atom stereocenters. The molecule has 0 radical (unpaired) electrons. The number of nitrogens with one attached hydrogen (secondary N) is 1. The van der Waals surface area contributed by atoms with E-state index in [1.54, 1.807) is 0 Å². The topological polar surface area (TPSA) is 64.6 Å². The molecule has 0 heterocycles.